The van der Waals surface area contributed by atoms with Gasteiger partial charge in [0, 0.05) is 11.2 Å². The molecule has 0 aliphatic heterocycles. The van der Waals surface area contributed by atoms with Crippen LogP contribution in [0.3, 0.4) is 0 Å². The van der Waals surface area contributed by atoms with Gasteiger partial charge < -0.3 is 4.74 Å². The van der Waals surface area contributed by atoms with E-state index in [0.717, 1.165) is 12.3 Å². The average Bonchev–Trinajstić information content (AvgIpc) is 2.41. The van der Waals surface area contributed by atoms with Crippen molar-refractivity contribution < 1.29 is 13.5 Å². The Morgan fingerprint density at radius 1 is 1.11 bits per heavy atom. The molecule has 0 N–H and O–H groups in total. The predicted octanol–water partition coefficient (Wildman–Crippen LogP) is 4.38. The Hall–Kier alpha value is -1.94. The summed E-state index contributed by atoms with van der Waals surface area (Å²) in [7, 11) is 1.32. The molecule has 0 radical (unpaired) electrons. The zero-order chi connectivity index (χ0) is 13.8. The third-order valence-corrected chi connectivity index (χ3v) is 2.73. The molecular weight excluding hydrogens is 272 g/mol. The molecule has 98 valence electrons. The first kappa shape index (κ1) is 13.5. The van der Waals surface area contributed by atoms with E-state index in [1.165, 1.54) is 13.2 Å². The summed E-state index contributed by atoms with van der Waals surface area (Å²) in [6.45, 7) is 0. The van der Waals surface area contributed by atoms with Gasteiger partial charge in [-0.1, -0.05) is 11.6 Å². The highest BCUT2D eigenvalue weighted by Crippen LogP contribution is 2.22. The van der Waals surface area contributed by atoms with E-state index < -0.39 is 11.6 Å². The van der Waals surface area contributed by atoms with Gasteiger partial charge in [0.1, 0.15) is 5.82 Å². The number of ether oxygens (including phenoxy) is 1. The maximum Gasteiger partial charge on any atom is 0.176 e. The van der Waals surface area contributed by atoms with Crippen LogP contribution in [0.4, 0.5) is 14.5 Å². The number of nitrogens with zero attached hydrogens (tertiary/aromatic N) is 1. The minimum atomic E-state index is -0.778. The van der Waals surface area contributed by atoms with Gasteiger partial charge in [-0.3, -0.25) is 4.99 Å². The first-order chi connectivity index (χ1) is 9.11. The molecule has 2 aromatic rings. The average molecular weight is 282 g/mol. The lowest BCUT2D eigenvalue weighted by Crippen LogP contribution is -1.97. The quantitative estimate of drug-likeness (QED) is 0.765. The second kappa shape index (κ2) is 5.80. The Morgan fingerprint density at radius 3 is 2.42 bits per heavy atom. The van der Waals surface area contributed by atoms with E-state index in [1.54, 1.807) is 24.3 Å². The number of hydrogen-bond donors (Lipinski definition) is 0. The van der Waals surface area contributed by atoms with E-state index in [2.05, 4.69) is 4.99 Å². The molecule has 0 saturated carbocycles. The lowest BCUT2D eigenvalue weighted by atomic mass is 10.2. The molecule has 0 fully saturated rings. The Morgan fingerprint density at radius 2 is 1.79 bits per heavy atom. The van der Waals surface area contributed by atoms with Crippen molar-refractivity contribution in [2.45, 2.75) is 0 Å². The Kier molecular flexibility index (Phi) is 4.12. The van der Waals surface area contributed by atoms with Gasteiger partial charge in [0.05, 0.1) is 18.4 Å². The fourth-order valence-electron chi connectivity index (χ4n) is 1.49. The van der Waals surface area contributed by atoms with E-state index in [4.69, 9.17) is 16.3 Å². The summed E-state index contributed by atoms with van der Waals surface area (Å²) in [5.74, 6) is -1.50. The number of methoxy groups -OCH3 is 1. The van der Waals surface area contributed by atoms with Crippen molar-refractivity contribution in [1.29, 1.82) is 0 Å². The Bertz CT molecular complexity index is 612. The molecule has 0 heterocycles. The standard InChI is InChI=1S/C14H10ClF2NO/c1-19-13-7-6-12(16)11(14(13)17)8-18-10-4-2-9(15)3-5-10/h2-8H,1H3/b18-8+. The molecule has 0 aromatic heterocycles. The van der Waals surface area contributed by atoms with E-state index in [1.807, 2.05) is 0 Å². The van der Waals surface area contributed by atoms with E-state index in [0.29, 0.717) is 10.7 Å². The molecule has 2 aromatic carbocycles. The van der Waals surface area contributed by atoms with Crippen molar-refractivity contribution in [2.24, 2.45) is 4.99 Å². The number of halogens is 3. The van der Waals surface area contributed by atoms with Crippen LogP contribution in [-0.2, 0) is 0 Å². The normalized spacial score (nSPS) is 10.9. The predicted molar refractivity (Wildman–Crippen MR) is 71.6 cm³/mol. The smallest absolute Gasteiger partial charge is 0.176 e. The zero-order valence-electron chi connectivity index (χ0n) is 10.0. The monoisotopic (exact) mass is 281 g/mol. The van der Waals surface area contributed by atoms with Crippen molar-refractivity contribution >= 4 is 23.5 Å². The molecule has 2 rings (SSSR count). The molecule has 2 nitrogen and oxygen atoms in total. The summed E-state index contributed by atoms with van der Waals surface area (Å²) in [5.41, 5.74) is 0.306. The first-order valence-electron chi connectivity index (χ1n) is 5.43. The fraction of sp³-hybridized carbons (Fsp3) is 0.0714. The summed E-state index contributed by atoms with van der Waals surface area (Å²) in [6.07, 6.45) is 1.12. The maximum atomic E-state index is 13.8. The fourth-order valence-corrected chi connectivity index (χ4v) is 1.62. The van der Waals surface area contributed by atoms with Crippen molar-refractivity contribution in [3.63, 3.8) is 0 Å². The second-order valence-electron chi connectivity index (χ2n) is 3.71. The van der Waals surface area contributed by atoms with Gasteiger partial charge in [0.15, 0.2) is 11.6 Å². The van der Waals surface area contributed by atoms with Crippen LogP contribution in [0.1, 0.15) is 5.56 Å². The Balaban J connectivity index is 2.35. The molecule has 0 unspecified atom stereocenters. The van der Waals surface area contributed by atoms with Gasteiger partial charge in [-0.05, 0) is 36.4 Å². The molecule has 5 heteroatoms. The summed E-state index contributed by atoms with van der Waals surface area (Å²) in [5, 5.41) is 0.567. The number of rotatable bonds is 3. The summed E-state index contributed by atoms with van der Waals surface area (Å²) in [4.78, 5) is 4.00. The molecule has 0 aliphatic carbocycles. The lowest BCUT2D eigenvalue weighted by Gasteiger charge is -2.04. The first-order valence-corrected chi connectivity index (χ1v) is 5.81. The van der Waals surface area contributed by atoms with Gasteiger partial charge in [0.25, 0.3) is 0 Å². The largest absolute Gasteiger partial charge is 0.494 e. The van der Waals surface area contributed by atoms with Crippen LogP contribution in [0.5, 0.6) is 5.75 Å². The van der Waals surface area contributed by atoms with Gasteiger partial charge in [-0.15, -0.1) is 0 Å². The minimum absolute atomic E-state index is 0.0287. The SMILES string of the molecule is COc1ccc(F)c(/C=N/c2ccc(Cl)cc2)c1F. The van der Waals surface area contributed by atoms with Crippen LogP contribution in [0.25, 0.3) is 0 Å². The molecule has 0 spiro atoms. The summed E-state index contributed by atoms with van der Waals surface area (Å²) < 4.78 is 32.1. The molecule has 0 saturated heterocycles. The number of aliphatic imine (C=N–C) groups is 1. The molecule has 0 aliphatic rings. The summed E-state index contributed by atoms with van der Waals surface area (Å²) in [6, 6.07) is 8.94. The van der Waals surface area contributed by atoms with Crippen LogP contribution in [0.15, 0.2) is 41.4 Å². The van der Waals surface area contributed by atoms with Gasteiger partial charge in [0.2, 0.25) is 0 Å². The van der Waals surface area contributed by atoms with Gasteiger partial charge >= 0.3 is 0 Å². The van der Waals surface area contributed by atoms with E-state index >= 15 is 0 Å². The number of benzene rings is 2. The van der Waals surface area contributed by atoms with Gasteiger partial charge in [-0.2, -0.15) is 0 Å². The molecule has 0 amide bonds. The highest BCUT2D eigenvalue weighted by molar-refractivity contribution is 6.30. The second-order valence-corrected chi connectivity index (χ2v) is 4.15. The summed E-state index contributed by atoms with van der Waals surface area (Å²) >= 11 is 5.73. The Labute approximate surface area is 114 Å². The van der Waals surface area contributed by atoms with Crippen molar-refractivity contribution in [3.8, 4) is 5.75 Å². The molecular formula is C14H10ClF2NO. The van der Waals surface area contributed by atoms with E-state index in [-0.39, 0.29) is 11.3 Å². The van der Waals surface area contributed by atoms with Crippen molar-refractivity contribution in [3.05, 3.63) is 58.6 Å². The van der Waals surface area contributed by atoms with Crippen LogP contribution >= 0.6 is 11.6 Å². The lowest BCUT2D eigenvalue weighted by molar-refractivity contribution is 0.383. The van der Waals surface area contributed by atoms with Crippen LogP contribution in [0, 0.1) is 11.6 Å². The molecule has 19 heavy (non-hydrogen) atoms. The highest BCUT2D eigenvalue weighted by Gasteiger charge is 2.12. The zero-order valence-corrected chi connectivity index (χ0v) is 10.8. The third-order valence-electron chi connectivity index (χ3n) is 2.48. The molecule has 0 atom stereocenters. The molecule has 0 bridgehead atoms. The van der Waals surface area contributed by atoms with Crippen LogP contribution in [0.2, 0.25) is 5.02 Å². The van der Waals surface area contributed by atoms with Crippen LogP contribution < -0.4 is 4.74 Å². The van der Waals surface area contributed by atoms with E-state index in [9.17, 15) is 8.78 Å². The van der Waals surface area contributed by atoms with Gasteiger partial charge in [-0.25, -0.2) is 8.78 Å². The minimum Gasteiger partial charge on any atom is -0.494 e. The van der Waals surface area contributed by atoms with Crippen LogP contribution in [-0.4, -0.2) is 13.3 Å². The van der Waals surface area contributed by atoms with Crippen molar-refractivity contribution in [2.75, 3.05) is 7.11 Å². The van der Waals surface area contributed by atoms with Crippen molar-refractivity contribution in [1.82, 2.24) is 0 Å². The number of hydrogen-bond acceptors (Lipinski definition) is 2. The third kappa shape index (κ3) is 3.09. The maximum absolute atomic E-state index is 13.8. The topological polar surface area (TPSA) is 21.6 Å². The highest BCUT2D eigenvalue weighted by atomic mass is 35.5.